The number of hydrogen-bond acceptors (Lipinski definition) is 4. The largest absolute Gasteiger partial charge is 0.340 e. The SMILES string of the molecule is CCc1ccc(CN(C)C(=O)CNC(C)c2ccc(N3CCCS3(=O)=O)cc2)cc1. The van der Waals surface area contributed by atoms with E-state index in [0.717, 1.165) is 17.5 Å². The molecule has 6 nitrogen and oxygen atoms in total. The zero-order chi connectivity index (χ0) is 21.7. The first kappa shape index (κ1) is 22.3. The zero-order valence-corrected chi connectivity index (χ0v) is 18.8. The molecule has 1 aliphatic heterocycles. The van der Waals surface area contributed by atoms with Crippen LogP contribution in [-0.4, -0.2) is 45.1 Å². The fourth-order valence-electron chi connectivity index (χ4n) is 3.59. The smallest absolute Gasteiger partial charge is 0.236 e. The van der Waals surface area contributed by atoms with E-state index in [9.17, 15) is 13.2 Å². The topological polar surface area (TPSA) is 69.7 Å². The molecule has 1 atom stereocenters. The van der Waals surface area contributed by atoms with E-state index in [1.165, 1.54) is 9.87 Å². The van der Waals surface area contributed by atoms with Crippen molar-refractivity contribution in [3.05, 3.63) is 65.2 Å². The van der Waals surface area contributed by atoms with E-state index in [1.807, 2.05) is 38.2 Å². The molecule has 162 valence electrons. The van der Waals surface area contributed by atoms with Gasteiger partial charge in [0.2, 0.25) is 15.9 Å². The van der Waals surface area contributed by atoms with Crippen LogP contribution in [0.1, 0.15) is 43.0 Å². The van der Waals surface area contributed by atoms with Crippen molar-refractivity contribution in [3.8, 4) is 0 Å². The van der Waals surface area contributed by atoms with E-state index < -0.39 is 10.0 Å². The van der Waals surface area contributed by atoms with Crippen molar-refractivity contribution in [1.82, 2.24) is 10.2 Å². The summed E-state index contributed by atoms with van der Waals surface area (Å²) in [6.45, 7) is 5.49. The van der Waals surface area contributed by atoms with Crippen LogP contribution in [0.2, 0.25) is 0 Å². The molecule has 0 saturated carbocycles. The minimum absolute atomic E-state index is 0.0181. The van der Waals surface area contributed by atoms with E-state index in [2.05, 4.69) is 36.5 Å². The summed E-state index contributed by atoms with van der Waals surface area (Å²) in [5.74, 6) is 0.242. The second kappa shape index (κ2) is 9.62. The molecule has 0 aliphatic carbocycles. The van der Waals surface area contributed by atoms with Crippen LogP contribution >= 0.6 is 0 Å². The standard InChI is InChI=1S/C23H31N3O3S/c1-4-19-6-8-20(9-7-19)17-25(3)23(27)16-24-18(2)21-10-12-22(13-11-21)26-14-5-15-30(26,28)29/h6-13,18,24H,4-5,14-17H2,1-3H3. The summed E-state index contributed by atoms with van der Waals surface area (Å²) in [5.41, 5.74) is 4.12. The number of sulfonamides is 1. The van der Waals surface area contributed by atoms with Crippen LogP contribution in [0, 0.1) is 0 Å². The van der Waals surface area contributed by atoms with Gasteiger partial charge in [-0.2, -0.15) is 0 Å². The van der Waals surface area contributed by atoms with Crippen molar-refractivity contribution >= 4 is 21.6 Å². The van der Waals surface area contributed by atoms with Crippen molar-refractivity contribution in [2.45, 2.75) is 39.3 Å². The summed E-state index contributed by atoms with van der Waals surface area (Å²) in [5, 5.41) is 3.27. The van der Waals surface area contributed by atoms with Crippen molar-refractivity contribution in [2.75, 3.05) is 30.2 Å². The number of likely N-dealkylation sites (N-methyl/N-ethyl adjacent to an activating group) is 1. The lowest BCUT2D eigenvalue weighted by atomic mass is 10.1. The Morgan fingerprint density at radius 1 is 1.10 bits per heavy atom. The van der Waals surface area contributed by atoms with Gasteiger partial charge in [0, 0.05) is 26.2 Å². The normalized spacial score (nSPS) is 16.4. The number of carbonyl (C=O) groups excluding carboxylic acids is 1. The Labute approximate surface area is 179 Å². The highest BCUT2D eigenvalue weighted by atomic mass is 32.2. The number of carbonyl (C=O) groups is 1. The van der Waals surface area contributed by atoms with Gasteiger partial charge >= 0.3 is 0 Å². The van der Waals surface area contributed by atoms with E-state index in [1.54, 1.807) is 4.90 Å². The third-order valence-corrected chi connectivity index (χ3v) is 7.49. The lowest BCUT2D eigenvalue weighted by molar-refractivity contribution is -0.129. The van der Waals surface area contributed by atoms with Crippen molar-refractivity contribution in [3.63, 3.8) is 0 Å². The summed E-state index contributed by atoms with van der Waals surface area (Å²) in [4.78, 5) is 14.2. The molecule has 3 rings (SSSR count). The molecule has 2 aromatic rings. The lowest BCUT2D eigenvalue weighted by Gasteiger charge is -2.21. The molecular weight excluding hydrogens is 398 g/mol. The lowest BCUT2D eigenvalue weighted by Crippen LogP contribution is -2.36. The Morgan fingerprint density at radius 2 is 1.73 bits per heavy atom. The van der Waals surface area contributed by atoms with Crippen LogP contribution < -0.4 is 9.62 Å². The van der Waals surface area contributed by atoms with E-state index >= 15 is 0 Å². The van der Waals surface area contributed by atoms with E-state index in [0.29, 0.717) is 25.2 Å². The van der Waals surface area contributed by atoms with Crippen molar-refractivity contribution < 1.29 is 13.2 Å². The molecule has 2 aromatic carbocycles. The fourth-order valence-corrected chi connectivity index (χ4v) is 5.16. The number of aryl methyl sites for hydroxylation is 1. The number of benzene rings is 2. The molecule has 1 N–H and O–H groups in total. The molecule has 1 saturated heterocycles. The average molecular weight is 430 g/mol. The third kappa shape index (κ3) is 5.40. The molecule has 1 amide bonds. The highest BCUT2D eigenvalue weighted by Gasteiger charge is 2.28. The Hall–Kier alpha value is -2.38. The number of nitrogens with zero attached hydrogens (tertiary/aromatic N) is 2. The molecular formula is C23H31N3O3S. The van der Waals surface area contributed by atoms with Crippen molar-refractivity contribution in [1.29, 1.82) is 0 Å². The molecule has 0 spiro atoms. The first-order valence-electron chi connectivity index (χ1n) is 10.5. The quantitative estimate of drug-likeness (QED) is 0.700. The van der Waals surface area contributed by atoms with Gasteiger partial charge in [0.25, 0.3) is 0 Å². The van der Waals surface area contributed by atoms with Crippen LogP contribution in [0.3, 0.4) is 0 Å². The van der Waals surface area contributed by atoms with Gasteiger partial charge in [-0.1, -0.05) is 43.3 Å². The molecule has 1 fully saturated rings. The Kier molecular flexibility index (Phi) is 7.15. The number of nitrogens with one attached hydrogen (secondary N) is 1. The maximum atomic E-state index is 12.5. The van der Waals surface area contributed by atoms with Gasteiger partial charge in [0.15, 0.2) is 0 Å². The van der Waals surface area contributed by atoms with Crippen LogP contribution in [0.15, 0.2) is 48.5 Å². The Bertz CT molecular complexity index is 956. The van der Waals surface area contributed by atoms with Gasteiger partial charge in [-0.05, 0) is 48.6 Å². The average Bonchev–Trinajstić information content (AvgIpc) is 3.11. The summed E-state index contributed by atoms with van der Waals surface area (Å²) >= 11 is 0. The predicted octanol–water partition coefficient (Wildman–Crippen LogP) is 3.10. The number of rotatable bonds is 8. The summed E-state index contributed by atoms with van der Waals surface area (Å²) < 4.78 is 25.6. The third-order valence-electron chi connectivity index (χ3n) is 5.62. The number of hydrogen-bond donors (Lipinski definition) is 1. The molecule has 0 radical (unpaired) electrons. The molecule has 30 heavy (non-hydrogen) atoms. The molecule has 1 heterocycles. The van der Waals surface area contributed by atoms with Gasteiger partial charge in [0.05, 0.1) is 18.0 Å². The zero-order valence-electron chi connectivity index (χ0n) is 18.0. The maximum absolute atomic E-state index is 12.5. The minimum atomic E-state index is -3.17. The molecule has 0 aromatic heterocycles. The monoisotopic (exact) mass is 429 g/mol. The summed E-state index contributed by atoms with van der Waals surface area (Å²) in [7, 11) is -1.35. The fraction of sp³-hybridized carbons (Fsp3) is 0.435. The number of anilines is 1. The van der Waals surface area contributed by atoms with Crippen LogP contribution in [0.25, 0.3) is 0 Å². The van der Waals surface area contributed by atoms with E-state index in [-0.39, 0.29) is 24.2 Å². The van der Waals surface area contributed by atoms with Crippen molar-refractivity contribution in [2.24, 2.45) is 0 Å². The van der Waals surface area contributed by atoms with E-state index in [4.69, 9.17) is 0 Å². The predicted molar refractivity (Wildman–Crippen MR) is 121 cm³/mol. The van der Waals surface area contributed by atoms with Gasteiger partial charge < -0.3 is 10.2 Å². The minimum Gasteiger partial charge on any atom is -0.340 e. The highest BCUT2D eigenvalue weighted by Crippen LogP contribution is 2.25. The molecule has 1 unspecified atom stereocenters. The van der Waals surface area contributed by atoms with Gasteiger partial charge in [0.1, 0.15) is 0 Å². The highest BCUT2D eigenvalue weighted by molar-refractivity contribution is 7.93. The second-order valence-electron chi connectivity index (χ2n) is 7.86. The van der Waals surface area contributed by atoms with Crippen LogP contribution in [-0.2, 0) is 27.8 Å². The maximum Gasteiger partial charge on any atom is 0.236 e. The molecule has 1 aliphatic rings. The first-order valence-corrected chi connectivity index (χ1v) is 12.1. The van der Waals surface area contributed by atoms with Crippen LogP contribution in [0.4, 0.5) is 5.69 Å². The molecule has 0 bridgehead atoms. The van der Waals surface area contributed by atoms with Gasteiger partial charge in [-0.15, -0.1) is 0 Å². The summed E-state index contributed by atoms with van der Waals surface area (Å²) in [6, 6.07) is 15.8. The van der Waals surface area contributed by atoms with Crippen LogP contribution in [0.5, 0.6) is 0 Å². The van der Waals surface area contributed by atoms with Gasteiger partial charge in [-0.25, -0.2) is 8.42 Å². The summed E-state index contributed by atoms with van der Waals surface area (Å²) in [6.07, 6.45) is 1.67. The molecule has 7 heteroatoms. The Morgan fingerprint density at radius 3 is 2.30 bits per heavy atom. The van der Waals surface area contributed by atoms with Gasteiger partial charge in [-0.3, -0.25) is 9.10 Å². The Balaban J connectivity index is 1.51. The number of amides is 1. The first-order chi connectivity index (χ1) is 14.3. The second-order valence-corrected chi connectivity index (χ2v) is 9.87.